The maximum Gasteiger partial charge on any atom is 0.271 e. The lowest BCUT2D eigenvalue weighted by atomic mass is 10.2. The van der Waals surface area contributed by atoms with Crippen LogP contribution in [0.15, 0.2) is 12.1 Å². The van der Waals surface area contributed by atoms with Gasteiger partial charge in [-0.3, -0.25) is 14.9 Å². The number of hydrogen-bond acceptors (Lipinski definition) is 4. The predicted molar refractivity (Wildman–Crippen MR) is 70.0 cm³/mol. The fraction of sp³-hybridized carbons (Fsp3) is 0.364. The lowest BCUT2D eigenvalue weighted by Crippen LogP contribution is -2.26. The van der Waals surface area contributed by atoms with Gasteiger partial charge in [-0.05, 0) is 12.5 Å². The molecule has 0 heterocycles. The molecule has 0 atom stereocenters. The second kappa shape index (κ2) is 6.20. The molecule has 0 spiro atoms. The Hall–Kier alpha value is -1.82. The smallest absolute Gasteiger partial charge is 0.271 e. The SMILES string of the molecule is CC(=O)NCCNc1c(C)cc([N+](=O)[O-])cc1Cl. The van der Waals surface area contributed by atoms with E-state index in [1.54, 1.807) is 6.92 Å². The molecule has 0 saturated heterocycles. The van der Waals surface area contributed by atoms with E-state index in [2.05, 4.69) is 10.6 Å². The molecule has 6 nitrogen and oxygen atoms in total. The zero-order valence-electron chi connectivity index (χ0n) is 10.1. The third-order valence-electron chi connectivity index (χ3n) is 2.28. The van der Waals surface area contributed by atoms with E-state index in [1.165, 1.54) is 19.1 Å². The van der Waals surface area contributed by atoms with E-state index in [-0.39, 0.29) is 11.6 Å². The molecule has 1 rings (SSSR count). The fourth-order valence-corrected chi connectivity index (χ4v) is 1.81. The van der Waals surface area contributed by atoms with Crippen LogP contribution in [0.25, 0.3) is 0 Å². The van der Waals surface area contributed by atoms with Crippen LogP contribution in [0, 0.1) is 17.0 Å². The van der Waals surface area contributed by atoms with Crippen molar-refractivity contribution in [3.63, 3.8) is 0 Å². The molecular weight excluding hydrogens is 258 g/mol. The summed E-state index contributed by atoms with van der Waals surface area (Å²) in [6, 6.07) is 2.75. The number of anilines is 1. The fourth-order valence-electron chi connectivity index (χ4n) is 1.48. The Bertz CT molecular complexity index is 454. The molecule has 1 aromatic rings. The number of aryl methyl sites for hydroxylation is 1. The van der Waals surface area contributed by atoms with Crippen molar-refractivity contribution in [2.45, 2.75) is 13.8 Å². The number of carbonyl (C=O) groups is 1. The van der Waals surface area contributed by atoms with E-state index < -0.39 is 4.92 Å². The second-order valence-electron chi connectivity index (χ2n) is 3.79. The van der Waals surface area contributed by atoms with E-state index in [9.17, 15) is 14.9 Å². The standard InChI is InChI=1S/C11H14ClN3O3/c1-7-5-9(15(17)18)6-10(12)11(7)14-4-3-13-8(2)16/h5-6,14H,3-4H2,1-2H3,(H,13,16). The molecular formula is C11H14ClN3O3. The van der Waals surface area contributed by atoms with Gasteiger partial charge >= 0.3 is 0 Å². The van der Waals surface area contributed by atoms with Crippen LogP contribution in [0.3, 0.4) is 0 Å². The van der Waals surface area contributed by atoms with Gasteiger partial charge in [-0.2, -0.15) is 0 Å². The first-order valence-electron chi connectivity index (χ1n) is 5.34. The Morgan fingerprint density at radius 2 is 2.11 bits per heavy atom. The number of hydrogen-bond donors (Lipinski definition) is 2. The highest BCUT2D eigenvalue weighted by Gasteiger charge is 2.12. The van der Waals surface area contributed by atoms with E-state index in [0.29, 0.717) is 29.4 Å². The Labute approximate surface area is 109 Å². The number of halogens is 1. The zero-order chi connectivity index (χ0) is 13.7. The molecule has 0 radical (unpaired) electrons. The van der Waals surface area contributed by atoms with Gasteiger partial charge in [-0.1, -0.05) is 11.6 Å². The highest BCUT2D eigenvalue weighted by molar-refractivity contribution is 6.33. The number of amides is 1. The number of rotatable bonds is 5. The summed E-state index contributed by atoms with van der Waals surface area (Å²) in [5, 5.41) is 16.6. The van der Waals surface area contributed by atoms with Gasteiger partial charge in [0.25, 0.3) is 5.69 Å². The summed E-state index contributed by atoms with van der Waals surface area (Å²) in [6.07, 6.45) is 0. The number of nitro benzene ring substituents is 1. The number of carbonyl (C=O) groups excluding carboxylic acids is 1. The molecule has 0 saturated carbocycles. The van der Waals surface area contributed by atoms with E-state index in [0.717, 1.165) is 0 Å². The Morgan fingerprint density at radius 3 is 2.61 bits per heavy atom. The topological polar surface area (TPSA) is 84.3 Å². The molecule has 7 heteroatoms. The molecule has 0 aromatic heterocycles. The molecule has 18 heavy (non-hydrogen) atoms. The zero-order valence-corrected chi connectivity index (χ0v) is 10.9. The largest absolute Gasteiger partial charge is 0.382 e. The van der Waals surface area contributed by atoms with Crippen LogP contribution >= 0.6 is 11.6 Å². The van der Waals surface area contributed by atoms with Crippen molar-refractivity contribution < 1.29 is 9.72 Å². The average molecular weight is 272 g/mol. The maximum atomic E-state index is 10.7. The lowest BCUT2D eigenvalue weighted by molar-refractivity contribution is -0.384. The van der Waals surface area contributed by atoms with Gasteiger partial charge in [0.15, 0.2) is 0 Å². The van der Waals surface area contributed by atoms with Crippen LogP contribution in [-0.2, 0) is 4.79 Å². The summed E-state index contributed by atoms with van der Waals surface area (Å²) in [5.74, 6) is -0.108. The van der Waals surface area contributed by atoms with Crippen LogP contribution in [0.2, 0.25) is 5.02 Å². The molecule has 0 aliphatic heterocycles. The minimum absolute atomic E-state index is 0.0371. The van der Waals surface area contributed by atoms with Crippen LogP contribution in [-0.4, -0.2) is 23.9 Å². The summed E-state index contributed by atoms with van der Waals surface area (Å²) in [6.45, 7) is 4.13. The number of benzene rings is 1. The number of non-ortho nitro benzene ring substituents is 1. The summed E-state index contributed by atoms with van der Waals surface area (Å²) < 4.78 is 0. The Kier molecular flexibility index (Phi) is 4.91. The van der Waals surface area contributed by atoms with Gasteiger partial charge < -0.3 is 10.6 Å². The summed E-state index contributed by atoms with van der Waals surface area (Å²) in [4.78, 5) is 20.8. The van der Waals surface area contributed by atoms with Crippen molar-refractivity contribution >= 4 is 28.9 Å². The van der Waals surface area contributed by atoms with Gasteiger partial charge in [-0.15, -0.1) is 0 Å². The normalized spacial score (nSPS) is 9.94. The van der Waals surface area contributed by atoms with Gasteiger partial charge in [0.2, 0.25) is 5.91 Å². The van der Waals surface area contributed by atoms with Crippen molar-refractivity contribution in [1.82, 2.24) is 5.32 Å². The molecule has 2 N–H and O–H groups in total. The maximum absolute atomic E-state index is 10.7. The van der Waals surface area contributed by atoms with Crippen LogP contribution < -0.4 is 10.6 Å². The van der Waals surface area contributed by atoms with Crippen LogP contribution in [0.4, 0.5) is 11.4 Å². The minimum atomic E-state index is -0.486. The highest BCUT2D eigenvalue weighted by atomic mass is 35.5. The predicted octanol–water partition coefficient (Wildman–Crippen LogP) is 2.10. The van der Waals surface area contributed by atoms with Crippen LogP contribution in [0.5, 0.6) is 0 Å². The molecule has 1 amide bonds. The third-order valence-corrected chi connectivity index (χ3v) is 2.58. The van der Waals surface area contributed by atoms with Gasteiger partial charge in [0, 0.05) is 32.1 Å². The molecule has 0 unspecified atom stereocenters. The first-order chi connectivity index (χ1) is 8.41. The monoisotopic (exact) mass is 271 g/mol. The van der Waals surface area contributed by atoms with Crippen molar-refractivity contribution in [3.05, 3.63) is 32.8 Å². The van der Waals surface area contributed by atoms with Crippen molar-refractivity contribution in [2.24, 2.45) is 0 Å². The second-order valence-corrected chi connectivity index (χ2v) is 4.19. The third kappa shape index (κ3) is 3.89. The molecule has 0 aliphatic rings. The number of nitrogens with zero attached hydrogens (tertiary/aromatic N) is 1. The molecule has 0 fully saturated rings. The van der Waals surface area contributed by atoms with E-state index in [4.69, 9.17) is 11.6 Å². The quantitative estimate of drug-likeness (QED) is 0.488. The minimum Gasteiger partial charge on any atom is -0.382 e. The molecule has 0 aliphatic carbocycles. The molecule has 1 aromatic carbocycles. The lowest BCUT2D eigenvalue weighted by Gasteiger charge is -2.11. The van der Waals surface area contributed by atoms with Gasteiger partial charge in [0.1, 0.15) is 0 Å². The number of nitrogens with one attached hydrogen (secondary N) is 2. The summed E-state index contributed by atoms with van der Waals surface area (Å²) in [5.41, 5.74) is 1.30. The Morgan fingerprint density at radius 1 is 1.44 bits per heavy atom. The highest BCUT2D eigenvalue weighted by Crippen LogP contribution is 2.30. The summed E-state index contributed by atoms with van der Waals surface area (Å²) in [7, 11) is 0. The average Bonchev–Trinajstić information content (AvgIpc) is 2.26. The number of nitro groups is 1. The van der Waals surface area contributed by atoms with E-state index >= 15 is 0 Å². The van der Waals surface area contributed by atoms with Crippen molar-refractivity contribution in [2.75, 3.05) is 18.4 Å². The Balaban J connectivity index is 2.72. The molecule has 0 bridgehead atoms. The first kappa shape index (κ1) is 14.2. The first-order valence-corrected chi connectivity index (χ1v) is 5.72. The van der Waals surface area contributed by atoms with Gasteiger partial charge in [-0.25, -0.2) is 0 Å². The van der Waals surface area contributed by atoms with E-state index in [1.807, 2.05) is 0 Å². The molecule has 98 valence electrons. The van der Waals surface area contributed by atoms with Crippen molar-refractivity contribution in [3.8, 4) is 0 Å². The summed E-state index contributed by atoms with van der Waals surface area (Å²) >= 11 is 5.97. The van der Waals surface area contributed by atoms with Crippen molar-refractivity contribution in [1.29, 1.82) is 0 Å². The van der Waals surface area contributed by atoms with Gasteiger partial charge in [0.05, 0.1) is 15.6 Å². The van der Waals surface area contributed by atoms with Crippen LogP contribution in [0.1, 0.15) is 12.5 Å².